The van der Waals surface area contributed by atoms with E-state index in [0.29, 0.717) is 12.5 Å². The van der Waals surface area contributed by atoms with Crippen LogP contribution in [0.3, 0.4) is 0 Å². The molecule has 0 aliphatic heterocycles. The first-order chi connectivity index (χ1) is 12.8. The molecule has 0 radical (unpaired) electrons. The second kappa shape index (κ2) is 20.6. The molecule has 0 spiro atoms. The quantitative estimate of drug-likeness (QED) is 0.146. The van der Waals surface area contributed by atoms with Gasteiger partial charge in [-0.1, -0.05) is 84.0 Å². The zero-order valence-corrected chi connectivity index (χ0v) is 21.2. The van der Waals surface area contributed by atoms with Gasteiger partial charge < -0.3 is 9.87 Å². The number of unbranched alkanes of at least 4 members (excludes halogenated alkanes) is 11. The van der Waals surface area contributed by atoms with E-state index in [-0.39, 0.29) is 42.1 Å². The maximum Gasteiger partial charge on any atom is 1.00 e. The molecule has 1 N–H and O–H groups in total. The first-order valence-corrected chi connectivity index (χ1v) is 12.1. The second-order valence-corrected chi connectivity index (χ2v) is 8.50. The number of nitrogens with one attached hydrogen (secondary N) is 1. The smallest absolute Gasteiger partial charge is 0.726 e. The molecule has 0 aromatic carbocycles. The molecule has 0 rings (SSSR count). The van der Waals surface area contributed by atoms with Crippen molar-refractivity contribution in [3.63, 3.8) is 0 Å². The number of hydrogen-bond donors (Lipinski definition) is 1. The van der Waals surface area contributed by atoms with Crippen LogP contribution in [0.15, 0.2) is 0 Å². The molecule has 6 nitrogen and oxygen atoms in total. The van der Waals surface area contributed by atoms with Gasteiger partial charge in [0.25, 0.3) is 0 Å². The van der Waals surface area contributed by atoms with Crippen LogP contribution < -0.4 is 34.9 Å². The molecule has 0 saturated heterocycles. The van der Waals surface area contributed by atoms with E-state index < -0.39 is 10.4 Å². The zero-order chi connectivity index (χ0) is 20.4. The van der Waals surface area contributed by atoms with Crippen LogP contribution in [0, 0.1) is 0 Å². The zero-order valence-electron chi connectivity index (χ0n) is 18.3. The Morgan fingerprint density at radius 1 is 0.857 bits per heavy atom. The van der Waals surface area contributed by atoms with Crippen molar-refractivity contribution in [2.45, 2.75) is 116 Å². The maximum atomic E-state index is 11.4. The van der Waals surface area contributed by atoms with Crippen LogP contribution in [-0.4, -0.2) is 31.5 Å². The summed E-state index contributed by atoms with van der Waals surface area (Å²) in [6.45, 7) is 3.81. The third-order valence-electron chi connectivity index (χ3n) is 4.74. The third kappa shape index (κ3) is 24.4. The van der Waals surface area contributed by atoms with Gasteiger partial charge in [0.1, 0.15) is 0 Å². The van der Waals surface area contributed by atoms with Gasteiger partial charge in [-0.25, -0.2) is 8.42 Å². The predicted molar refractivity (Wildman–Crippen MR) is 108 cm³/mol. The van der Waals surface area contributed by atoms with Crippen LogP contribution >= 0.6 is 0 Å². The van der Waals surface area contributed by atoms with Crippen molar-refractivity contribution in [1.82, 2.24) is 5.32 Å². The Hall–Kier alpha value is 0.340. The molecule has 0 bridgehead atoms. The van der Waals surface area contributed by atoms with Crippen LogP contribution in [-0.2, 0) is 19.4 Å². The number of carbonyl (C=O) groups is 1. The molecule has 1 unspecified atom stereocenters. The number of hydrogen-bond acceptors (Lipinski definition) is 5. The van der Waals surface area contributed by atoms with E-state index in [9.17, 15) is 17.8 Å². The molecule has 1 amide bonds. The van der Waals surface area contributed by atoms with Gasteiger partial charge in [-0.15, -0.1) is 0 Å². The molecule has 0 aromatic heterocycles. The van der Waals surface area contributed by atoms with E-state index in [1.807, 2.05) is 0 Å². The topological polar surface area (TPSA) is 95.5 Å². The van der Waals surface area contributed by atoms with Crippen molar-refractivity contribution in [3.05, 3.63) is 0 Å². The Morgan fingerprint density at radius 2 is 1.29 bits per heavy atom. The third-order valence-corrected chi connectivity index (χ3v) is 5.19. The van der Waals surface area contributed by atoms with Crippen molar-refractivity contribution >= 4 is 16.3 Å². The summed E-state index contributed by atoms with van der Waals surface area (Å²) in [6, 6.07) is 0.305. The number of rotatable bonds is 19. The largest absolute Gasteiger partial charge is 1.00 e. The van der Waals surface area contributed by atoms with E-state index in [1.165, 1.54) is 38.5 Å². The Balaban J connectivity index is 0. The summed E-state index contributed by atoms with van der Waals surface area (Å²) >= 11 is 0. The first-order valence-electron chi connectivity index (χ1n) is 10.7. The maximum absolute atomic E-state index is 11.4. The SMILES string of the molecule is CCCCCCCCC(CCCCCCCCCOS(=O)(=O)[O-])NC(C)=O.[Na+]. The Labute approximate surface area is 195 Å². The van der Waals surface area contributed by atoms with Crippen molar-refractivity contribution in [2.24, 2.45) is 0 Å². The van der Waals surface area contributed by atoms with Crippen LogP contribution in [0.4, 0.5) is 0 Å². The molecular formula is C20H40NNaO5S. The molecule has 162 valence electrons. The Bertz CT molecular complexity index is 460. The predicted octanol–water partition coefficient (Wildman–Crippen LogP) is 1.84. The van der Waals surface area contributed by atoms with E-state index in [4.69, 9.17) is 0 Å². The Kier molecular flexibility index (Phi) is 22.5. The standard InChI is InChI=1S/C20H41NO5S.Na/c1-3-4-5-6-10-13-16-20(21-19(2)22)17-14-11-8-7-9-12-15-18-26-27(23,24)25;/h20H,3-18H2,1-2H3,(H,21,22)(H,23,24,25);/q;+1/p-1. The average Bonchev–Trinajstić information content (AvgIpc) is 2.57. The molecule has 0 aromatic rings. The molecule has 28 heavy (non-hydrogen) atoms. The summed E-state index contributed by atoms with van der Waals surface area (Å²) in [5, 5.41) is 3.09. The molecule has 8 heteroatoms. The van der Waals surface area contributed by atoms with Crippen molar-refractivity contribution in [1.29, 1.82) is 0 Å². The van der Waals surface area contributed by atoms with E-state index in [1.54, 1.807) is 6.92 Å². The normalized spacial score (nSPS) is 12.4. The van der Waals surface area contributed by atoms with Crippen LogP contribution in [0.2, 0.25) is 0 Å². The molecule has 0 saturated carbocycles. The Morgan fingerprint density at radius 3 is 1.71 bits per heavy atom. The summed E-state index contributed by atoms with van der Waals surface area (Å²) < 4.78 is 35.0. The fraction of sp³-hybridized carbons (Fsp3) is 0.950. The summed E-state index contributed by atoms with van der Waals surface area (Å²) in [6.07, 6.45) is 16.8. The molecule has 0 heterocycles. The van der Waals surface area contributed by atoms with Crippen LogP contribution in [0.5, 0.6) is 0 Å². The monoisotopic (exact) mass is 429 g/mol. The molecule has 0 aliphatic rings. The van der Waals surface area contributed by atoms with Crippen LogP contribution in [0.1, 0.15) is 110 Å². The van der Waals surface area contributed by atoms with Gasteiger partial charge in [-0.2, -0.15) is 0 Å². The average molecular weight is 430 g/mol. The van der Waals surface area contributed by atoms with E-state index >= 15 is 0 Å². The van der Waals surface area contributed by atoms with Crippen molar-refractivity contribution < 1.29 is 51.5 Å². The number of carbonyl (C=O) groups excluding carboxylic acids is 1. The van der Waals surface area contributed by atoms with Gasteiger partial charge in [0.15, 0.2) is 0 Å². The fourth-order valence-corrected chi connectivity index (χ4v) is 3.61. The van der Waals surface area contributed by atoms with Crippen molar-refractivity contribution in [2.75, 3.05) is 6.61 Å². The second-order valence-electron chi connectivity index (χ2n) is 7.45. The van der Waals surface area contributed by atoms with Gasteiger partial charge in [-0.3, -0.25) is 8.98 Å². The van der Waals surface area contributed by atoms with Gasteiger partial charge in [0.05, 0.1) is 6.61 Å². The minimum atomic E-state index is -4.54. The van der Waals surface area contributed by atoms with Gasteiger partial charge in [-0.05, 0) is 19.3 Å². The molecule has 0 aliphatic carbocycles. The summed E-state index contributed by atoms with van der Waals surface area (Å²) in [7, 11) is -4.54. The minimum Gasteiger partial charge on any atom is -0.726 e. The van der Waals surface area contributed by atoms with E-state index in [2.05, 4.69) is 16.4 Å². The molecular weight excluding hydrogens is 389 g/mol. The summed E-state index contributed by atoms with van der Waals surface area (Å²) in [4.78, 5) is 11.4. The first kappa shape index (κ1) is 30.5. The molecule has 0 fully saturated rings. The van der Waals surface area contributed by atoms with Gasteiger partial charge >= 0.3 is 29.6 Å². The van der Waals surface area contributed by atoms with E-state index in [0.717, 1.165) is 51.4 Å². The minimum absolute atomic E-state index is 0. The van der Waals surface area contributed by atoms with Crippen LogP contribution in [0.25, 0.3) is 0 Å². The van der Waals surface area contributed by atoms with Gasteiger partial charge in [0, 0.05) is 13.0 Å². The summed E-state index contributed by atoms with van der Waals surface area (Å²) in [5.74, 6) is 0.0632. The number of amides is 1. The summed E-state index contributed by atoms with van der Waals surface area (Å²) in [5.41, 5.74) is 0. The van der Waals surface area contributed by atoms with Gasteiger partial charge in [0.2, 0.25) is 16.3 Å². The molecule has 1 atom stereocenters. The van der Waals surface area contributed by atoms with Crippen molar-refractivity contribution in [3.8, 4) is 0 Å². The fourth-order valence-electron chi connectivity index (χ4n) is 3.28.